The van der Waals surface area contributed by atoms with E-state index in [1.807, 2.05) is 18.4 Å². The second-order valence-corrected chi connectivity index (χ2v) is 5.76. The molecule has 2 nitrogen and oxygen atoms in total. The molecule has 1 N–H and O–H groups in total. The number of nitrogens with one attached hydrogen (secondary N) is 1. The van der Waals surface area contributed by atoms with E-state index < -0.39 is 0 Å². The number of aryl methyl sites for hydroxylation is 1. The molecule has 1 atom stereocenters. The second-order valence-electron chi connectivity index (χ2n) is 4.81. The normalized spacial score (nSPS) is 14.1. The summed E-state index contributed by atoms with van der Waals surface area (Å²) in [6.45, 7) is 6.46. The van der Waals surface area contributed by atoms with Gasteiger partial charge in [0, 0.05) is 18.0 Å². The minimum atomic E-state index is -0.0275. The van der Waals surface area contributed by atoms with Crippen LogP contribution in [0.1, 0.15) is 43.2 Å². The molecule has 0 bridgehead atoms. The Bertz CT molecular complexity index is 319. The molecule has 0 aromatic carbocycles. The lowest BCUT2D eigenvalue weighted by Gasteiger charge is -2.25. The number of rotatable bonds is 6. The first kappa shape index (κ1) is 13.7. The molecule has 92 valence electrons. The van der Waals surface area contributed by atoms with Crippen LogP contribution in [0.2, 0.25) is 0 Å². The van der Waals surface area contributed by atoms with E-state index in [4.69, 9.17) is 4.74 Å². The Labute approximate surface area is 103 Å². The molecule has 1 aromatic rings. The van der Waals surface area contributed by atoms with Gasteiger partial charge in [0.2, 0.25) is 0 Å². The van der Waals surface area contributed by atoms with Gasteiger partial charge in [0.25, 0.3) is 0 Å². The third-order valence-electron chi connectivity index (χ3n) is 3.15. The van der Waals surface area contributed by atoms with Crippen molar-refractivity contribution in [3.8, 4) is 0 Å². The summed E-state index contributed by atoms with van der Waals surface area (Å²) in [5.41, 5.74) is 1.36. The average molecular weight is 241 g/mol. The first-order valence-electron chi connectivity index (χ1n) is 5.76. The van der Waals surface area contributed by atoms with E-state index in [1.54, 1.807) is 7.11 Å². The van der Waals surface area contributed by atoms with Gasteiger partial charge < -0.3 is 10.1 Å². The fraction of sp³-hybridized carbons (Fsp3) is 0.692. The SMILES string of the molecule is CNC(CCC(C)(C)OC)c1sccc1C. The van der Waals surface area contributed by atoms with Gasteiger partial charge in [-0.05, 0) is 57.7 Å². The summed E-state index contributed by atoms with van der Waals surface area (Å²) >= 11 is 1.84. The first-order valence-corrected chi connectivity index (χ1v) is 6.64. The molecular formula is C13H23NOS. The lowest BCUT2D eigenvalue weighted by atomic mass is 9.97. The maximum absolute atomic E-state index is 5.46. The van der Waals surface area contributed by atoms with Crippen molar-refractivity contribution >= 4 is 11.3 Å². The van der Waals surface area contributed by atoms with Crippen molar-refractivity contribution < 1.29 is 4.74 Å². The molecule has 0 aliphatic carbocycles. The fourth-order valence-electron chi connectivity index (χ4n) is 1.74. The smallest absolute Gasteiger partial charge is 0.0623 e. The Morgan fingerprint density at radius 2 is 2.19 bits per heavy atom. The predicted molar refractivity (Wildman–Crippen MR) is 71.2 cm³/mol. The number of methoxy groups -OCH3 is 1. The molecule has 0 aliphatic rings. The number of ether oxygens (including phenoxy) is 1. The Morgan fingerprint density at radius 1 is 1.50 bits per heavy atom. The largest absolute Gasteiger partial charge is 0.379 e. The molecule has 1 rings (SSSR count). The van der Waals surface area contributed by atoms with Gasteiger partial charge in [-0.2, -0.15) is 0 Å². The molecule has 0 saturated carbocycles. The molecule has 0 saturated heterocycles. The van der Waals surface area contributed by atoms with Crippen LogP contribution < -0.4 is 5.32 Å². The van der Waals surface area contributed by atoms with E-state index in [2.05, 4.69) is 37.5 Å². The summed E-state index contributed by atoms with van der Waals surface area (Å²) in [4.78, 5) is 1.45. The lowest BCUT2D eigenvalue weighted by Crippen LogP contribution is -2.25. The van der Waals surface area contributed by atoms with Crippen molar-refractivity contribution in [2.75, 3.05) is 14.2 Å². The molecular weight excluding hydrogens is 218 g/mol. The van der Waals surface area contributed by atoms with Crippen LogP contribution in [0.25, 0.3) is 0 Å². The van der Waals surface area contributed by atoms with Crippen LogP contribution >= 0.6 is 11.3 Å². The number of thiophene rings is 1. The molecule has 16 heavy (non-hydrogen) atoms. The average Bonchev–Trinajstić information content (AvgIpc) is 2.66. The van der Waals surface area contributed by atoms with E-state index in [0.717, 1.165) is 12.8 Å². The third kappa shape index (κ3) is 3.58. The highest BCUT2D eigenvalue weighted by Gasteiger charge is 2.20. The summed E-state index contributed by atoms with van der Waals surface area (Å²) in [7, 11) is 3.81. The Morgan fingerprint density at radius 3 is 2.62 bits per heavy atom. The highest BCUT2D eigenvalue weighted by molar-refractivity contribution is 7.10. The molecule has 0 fully saturated rings. The topological polar surface area (TPSA) is 21.3 Å². The minimum absolute atomic E-state index is 0.0275. The monoisotopic (exact) mass is 241 g/mol. The van der Waals surface area contributed by atoms with Gasteiger partial charge in [-0.1, -0.05) is 0 Å². The van der Waals surface area contributed by atoms with Crippen molar-refractivity contribution in [1.29, 1.82) is 0 Å². The zero-order valence-electron chi connectivity index (χ0n) is 11.0. The standard InChI is InChI=1S/C13H23NOS/c1-10-7-9-16-12(10)11(14-4)6-8-13(2,3)15-5/h7,9,11,14H,6,8H2,1-5H3. The van der Waals surface area contributed by atoms with Gasteiger partial charge in [-0.15, -0.1) is 11.3 Å². The third-order valence-corrected chi connectivity index (χ3v) is 4.29. The highest BCUT2D eigenvalue weighted by Crippen LogP contribution is 2.29. The van der Waals surface area contributed by atoms with Crippen LogP contribution in [-0.2, 0) is 4.74 Å². The molecule has 3 heteroatoms. The van der Waals surface area contributed by atoms with Gasteiger partial charge in [0.1, 0.15) is 0 Å². The predicted octanol–water partition coefficient (Wildman–Crippen LogP) is 3.52. The molecule has 1 aromatic heterocycles. The Kier molecular flexibility index (Phi) is 4.96. The Hall–Kier alpha value is -0.380. The van der Waals surface area contributed by atoms with Crippen LogP contribution in [0.3, 0.4) is 0 Å². The molecule has 1 heterocycles. The van der Waals surface area contributed by atoms with Crippen molar-refractivity contribution in [3.63, 3.8) is 0 Å². The number of hydrogen-bond acceptors (Lipinski definition) is 3. The molecule has 0 spiro atoms. The quantitative estimate of drug-likeness (QED) is 0.822. The molecule has 0 aliphatic heterocycles. The summed E-state index contributed by atoms with van der Waals surface area (Å²) in [6.07, 6.45) is 2.17. The summed E-state index contributed by atoms with van der Waals surface area (Å²) < 4.78 is 5.46. The molecule has 1 unspecified atom stereocenters. The van der Waals surface area contributed by atoms with E-state index >= 15 is 0 Å². The van der Waals surface area contributed by atoms with Crippen LogP contribution in [0, 0.1) is 6.92 Å². The Balaban J connectivity index is 2.60. The van der Waals surface area contributed by atoms with Crippen molar-refractivity contribution in [1.82, 2.24) is 5.32 Å². The zero-order chi connectivity index (χ0) is 12.2. The molecule has 0 amide bonds. The molecule has 0 radical (unpaired) electrons. The van der Waals surface area contributed by atoms with Crippen molar-refractivity contribution in [3.05, 3.63) is 21.9 Å². The highest BCUT2D eigenvalue weighted by atomic mass is 32.1. The van der Waals surface area contributed by atoms with Crippen molar-refractivity contribution in [2.45, 2.75) is 45.3 Å². The van der Waals surface area contributed by atoms with Crippen LogP contribution in [0.5, 0.6) is 0 Å². The van der Waals surface area contributed by atoms with Gasteiger partial charge in [0.05, 0.1) is 5.60 Å². The van der Waals surface area contributed by atoms with Crippen molar-refractivity contribution in [2.24, 2.45) is 0 Å². The van der Waals surface area contributed by atoms with E-state index in [0.29, 0.717) is 6.04 Å². The van der Waals surface area contributed by atoms with E-state index in [9.17, 15) is 0 Å². The zero-order valence-corrected chi connectivity index (χ0v) is 11.8. The fourth-order valence-corrected chi connectivity index (χ4v) is 2.81. The summed E-state index contributed by atoms with van der Waals surface area (Å²) in [6, 6.07) is 2.64. The van der Waals surface area contributed by atoms with Gasteiger partial charge in [0.15, 0.2) is 0 Å². The maximum atomic E-state index is 5.46. The van der Waals surface area contributed by atoms with Gasteiger partial charge in [-0.3, -0.25) is 0 Å². The second kappa shape index (κ2) is 5.80. The van der Waals surface area contributed by atoms with Gasteiger partial charge >= 0.3 is 0 Å². The summed E-state index contributed by atoms with van der Waals surface area (Å²) in [5, 5.41) is 5.56. The maximum Gasteiger partial charge on any atom is 0.0623 e. The summed E-state index contributed by atoms with van der Waals surface area (Å²) in [5.74, 6) is 0. The van der Waals surface area contributed by atoms with Crippen LogP contribution in [0.4, 0.5) is 0 Å². The minimum Gasteiger partial charge on any atom is -0.379 e. The first-order chi connectivity index (χ1) is 7.50. The van der Waals surface area contributed by atoms with E-state index in [-0.39, 0.29) is 5.60 Å². The lowest BCUT2D eigenvalue weighted by molar-refractivity contribution is 0.0119. The number of hydrogen-bond donors (Lipinski definition) is 1. The van der Waals surface area contributed by atoms with E-state index in [1.165, 1.54) is 10.4 Å². The van der Waals surface area contributed by atoms with Gasteiger partial charge in [-0.25, -0.2) is 0 Å². The van der Waals surface area contributed by atoms with Crippen LogP contribution in [-0.4, -0.2) is 19.8 Å². The van der Waals surface area contributed by atoms with Crippen LogP contribution in [0.15, 0.2) is 11.4 Å².